The van der Waals surface area contributed by atoms with Crippen LogP contribution in [0, 0.1) is 11.3 Å². The molecule has 2 N–H and O–H groups in total. The fourth-order valence-corrected chi connectivity index (χ4v) is 7.33. The molecule has 2 atom stereocenters. The number of aryl methyl sites for hydroxylation is 4. The van der Waals surface area contributed by atoms with Gasteiger partial charge in [0.05, 0.1) is 27.2 Å². The number of hydrogen-bond acceptors (Lipinski definition) is 8. The second-order valence-electron chi connectivity index (χ2n) is 15.4. The van der Waals surface area contributed by atoms with Crippen molar-refractivity contribution in [1.82, 2.24) is 10.3 Å². The van der Waals surface area contributed by atoms with Gasteiger partial charge < -0.3 is 24.3 Å². The number of hydrogen-bond donors (Lipinski definition) is 1. The Bertz CT molecular complexity index is 2730. The zero-order chi connectivity index (χ0) is 52.4. The second-order valence-corrected chi connectivity index (χ2v) is 16.2. The number of carbonyl (C=O) groups excluding carboxylic acids is 1. The molecule has 2 unspecified atom stereocenters. The monoisotopic (exact) mass is 1060 g/mol. The lowest BCUT2D eigenvalue weighted by atomic mass is 9.97. The maximum atomic E-state index is 13.4. The zero-order valence-corrected chi connectivity index (χ0v) is 39.1. The smallest absolute Gasteiger partial charge is 0.437 e. The van der Waals surface area contributed by atoms with E-state index in [1.807, 2.05) is 26.8 Å². The molecule has 23 heteroatoms. The summed E-state index contributed by atoms with van der Waals surface area (Å²) in [5.74, 6) is -0.661. The quantitative estimate of drug-likeness (QED) is 0.0793. The van der Waals surface area contributed by atoms with Crippen molar-refractivity contribution in [3.8, 4) is 17.6 Å². The van der Waals surface area contributed by atoms with Crippen LogP contribution in [0.5, 0.6) is 11.5 Å². The number of nitrogens with zero attached hydrogens (tertiary/aromatic N) is 3. The summed E-state index contributed by atoms with van der Waals surface area (Å²) in [5.41, 5.74) is 2.88. The van der Waals surface area contributed by atoms with Crippen molar-refractivity contribution in [2.24, 2.45) is 5.73 Å². The van der Waals surface area contributed by atoms with Crippen LogP contribution < -0.4 is 15.2 Å². The molecular weight excluding hydrogens is 1010 g/mol. The molecule has 388 valence electrons. The average Bonchev–Trinajstić information content (AvgIpc) is 3.92. The first-order valence-electron chi connectivity index (χ1n) is 21.3. The normalized spacial score (nSPS) is 12.7. The van der Waals surface area contributed by atoms with E-state index in [0.29, 0.717) is 61.6 Å². The number of rotatable bonds is 15. The van der Waals surface area contributed by atoms with E-state index in [-0.39, 0.29) is 69.3 Å². The van der Waals surface area contributed by atoms with Crippen LogP contribution in [0.3, 0.4) is 0 Å². The van der Waals surface area contributed by atoms with E-state index < -0.39 is 65.3 Å². The fourth-order valence-electron chi connectivity index (χ4n) is 7.33. The van der Waals surface area contributed by atoms with Gasteiger partial charge in [0.2, 0.25) is 12.2 Å². The summed E-state index contributed by atoms with van der Waals surface area (Å²) in [6.45, 7) is 7.27. The average molecular weight is 1060 g/mol. The standard InChI is InChI=1S/C23H22F6N2O3.C23H20F6N2O2.CH2Cl2.CH4/c1-3-5-13-11-16-19(34-31-20(16)23(27,28)29)15(6-4-2)17(13)33-18(21(30)32)12-7-9-14(10-8-12)22(24,25)26;1-3-5-14-11-17-20(33-31-21(17)23(27,28)29)16(6-4-2)19(14)32-18(12-30)13-7-9-15(10-8-13)22(24,25)26;2-1-3;/h7-11,18H,3-6H2,1-2H3,(H2,30,32);7-11,18H,3-6H2,1-2H3;1H2;1H4. The number of alkyl halides is 14. The van der Waals surface area contributed by atoms with Gasteiger partial charge in [0.15, 0.2) is 22.6 Å². The molecule has 6 rings (SSSR count). The van der Waals surface area contributed by atoms with Crippen LogP contribution in [-0.4, -0.2) is 21.6 Å². The first-order valence-corrected chi connectivity index (χ1v) is 22.4. The van der Waals surface area contributed by atoms with Crippen molar-refractivity contribution >= 4 is 51.0 Å². The Morgan fingerprint density at radius 2 is 0.972 bits per heavy atom. The molecule has 0 spiro atoms. The highest BCUT2D eigenvalue weighted by molar-refractivity contribution is 6.40. The van der Waals surface area contributed by atoms with Crippen LogP contribution in [0.1, 0.15) is 129 Å². The molecule has 71 heavy (non-hydrogen) atoms. The summed E-state index contributed by atoms with van der Waals surface area (Å²) >= 11 is 9.53. The van der Waals surface area contributed by atoms with Crippen LogP contribution in [0.25, 0.3) is 21.9 Å². The zero-order valence-electron chi connectivity index (χ0n) is 37.5. The molecule has 0 bridgehead atoms. The van der Waals surface area contributed by atoms with E-state index in [1.165, 1.54) is 12.1 Å². The Morgan fingerprint density at radius 1 is 0.620 bits per heavy atom. The van der Waals surface area contributed by atoms with Gasteiger partial charge in [0, 0.05) is 22.3 Å². The third-order valence-electron chi connectivity index (χ3n) is 10.3. The van der Waals surface area contributed by atoms with Crippen molar-refractivity contribution in [3.63, 3.8) is 0 Å². The third-order valence-corrected chi connectivity index (χ3v) is 10.3. The van der Waals surface area contributed by atoms with Gasteiger partial charge in [-0.25, -0.2) is 0 Å². The number of nitriles is 1. The number of nitrogens with two attached hydrogens (primary N) is 1. The molecular formula is C48H48Cl2F12N4O5. The van der Waals surface area contributed by atoms with Crippen molar-refractivity contribution in [2.45, 2.75) is 123 Å². The minimum absolute atomic E-state index is 0. The summed E-state index contributed by atoms with van der Waals surface area (Å²) in [6, 6.07) is 12.2. The van der Waals surface area contributed by atoms with Gasteiger partial charge >= 0.3 is 24.7 Å². The van der Waals surface area contributed by atoms with E-state index in [9.17, 15) is 62.7 Å². The van der Waals surface area contributed by atoms with Crippen molar-refractivity contribution in [1.29, 1.82) is 5.26 Å². The van der Waals surface area contributed by atoms with Gasteiger partial charge in [0.1, 0.15) is 17.6 Å². The fraction of sp³-hybridized carbons (Fsp3) is 0.417. The number of carbonyl (C=O) groups is 1. The van der Waals surface area contributed by atoms with Gasteiger partial charge in [-0.2, -0.15) is 57.9 Å². The van der Waals surface area contributed by atoms with Gasteiger partial charge in [-0.1, -0.05) is 95.4 Å². The first-order chi connectivity index (χ1) is 32.8. The van der Waals surface area contributed by atoms with Crippen LogP contribution in [-0.2, 0) is 55.2 Å². The summed E-state index contributed by atoms with van der Waals surface area (Å²) in [6.07, 6.45) is -17.9. The van der Waals surface area contributed by atoms with Gasteiger partial charge in [-0.3, -0.25) is 4.79 Å². The number of ether oxygens (including phenoxy) is 2. The summed E-state index contributed by atoms with van der Waals surface area (Å²) in [7, 11) is 0. The molecule has 0 radical (unpaired) electrons. The SMILES string of the molecule is C.CCCc1cc2c(C(F)(F)F)noc2c(CCC)c1OC(C#N)c1ccc(C(F)(F)F)cc1.CCCc1cc2c(C(F)(F)F)noc2c(CCC)c1OC(C(N)=O)c1ccc(C(F)(F)F)cc1.ClCCl. The minimum Gasteiger partial charge on any atom is -0.475 e. The molecule has 0 aliphatic carbocycles. The Balaban J connectivity index is 0.000000351. The Labute approximate surface area is 410 Å². The molecule has 4 aromatic carbocycles. The predicted octanol–water partition coefficient (Wildman–Crippen LogP) is 15.8. The van der Waals surface area contributed by atoms with Gasteiger partial charge in [-0.05, 0) is 73.2 Å². The van der Waals surface area contributed by atoms with Gasteiger partial charge in [-0.15, -0.1) is 23.2 Å². The Morgan fingerprint density at radius 3 is 1.28 bits per heavy atom. The molecule has 2 heterocycles. The third kappa shape index (κ3) is 14.6. The topological polar surface area (TPSA) is 137 Å². The van der Waals surface area contributed by atoms with E-state index >= 15 is 0 Å². The van der Waals surface area contributed by atoms with Crippen molar-refractivity contribution < 1.29 is 76.0 Å². The number of fused-ring (bicyclic) bond motifs is 2. The van der Waals surface area contributed by atoms with Crippen LogP contribution in [0.15, 0.2) is 69.7 Å². The molecule has 0 saturated heterocycles. The summed E-state index contributed by atoms with van der Waals surface area (Å²) < 4.78 is 180. The largest absolute Gasteiger partial charge is 0.475 e. The molecule has 2 aromatic heterocycles. The van der Waals surface area contributed by atoms with Crippen LogP contribution >= 0.6 is 23.2 Å². The van der Waals surface area contributed by atoms with E-state index in [0.717, 1.165) is 48.5 Å². The van der Waals surface area contributed by atoms with E-state index in [4.69, 9.17) is 47.5 Å². The lowest BCUT2D eigenvalue weighted by molar-refractivity contribution is -0.142. The Hall–Kier alpha value is -5.88. The van der Waals surface area contributed by atoms with Crippen molar-refractivity contribution in [2.75, 3.05) is 5.34 Å². The predicted molar refractivity (Wildman–Crippen MR) is 242 cm³/mol. The molecule has 0 fully saturated rings. The number of primary amides is 1. The summed E-state index contributed by atoms with van der Waals surface area (Å²) in [5, 5.41) is 15.9. The lowest BCUT2D eigenvalue weighted by Crippen LogP contribution is -2.27. The molecule has 0 aliphatic rings. The second kappa shape index (κ2) is 25.0. The highest BCUT2D eigenvalue weighted by atomic mass is 35.5. The molecule has 1 amide bonds. The number of halogens is 14. The van der Waals surface area contributed by atoms with Crippen LogP contribution in [0.4, 0.5) is 52.7 Å². The maximum Gasteiger partial charge on any atom is 0.437 e. The molecule has 9 nitrogen and oxygen atoms in total. The highest BCUT2D eigenvalue weighted by Crippen LogP contribution is 2.44. The number of benzene rings is 4. The first kappa shape index (κ1) is 59.4. The summed E-state index contributed by atoms with van der Waals surface area (Å²) in [4.78, 5) is 12.2. The Kier molecular flexibility index (Phi) is 20.9. The molecule has 0 saturated carbocycles. The van der Waals surface area contributed by atoms with E-state index in [2.05, 4.69) is 10.3 Å². The maximum absolute atomic E-state index is 13.4. The molecule has 0 aliphatic heterocycles. The number of amides is 1. The van der Waals surface area contributed by atoms with E-state index in [1.54, 1.807) is 6.92 Å². The van der Waals surface area contributed by atoms with Gasteiger partial charge in [0.25, 0.3) is 5.91 Å². The lowest BCUT2D eigenvalue weighted by Gasteiger charge is -2.22. The number of aromatic nitrogens is 2. The van der Waals surface area contributed by atoms with Crippen LogP contribution in [0.2, 0.25) is 0 Å². The van der Waals surface area contributed by atoms with Crippen molar-refractivity contribution in [3.05, 3.63) is 117 Å². The molecule has 6 aromatic rings. The minimum atomic E-state index is -4.74. The highest BCUT2D eigenvalue weighted by Gasteiger charge is 2.40.